The number of phenolic OH excluding ortho intramolecular Hbond substituents is 2. The second kappa shape index (κ2) is 5.35. The van der Waals surface area contributed by atoms with Crippen molar-refractivity contribution in [2.24, 2.45) is 0 Å². The van der Waals surface area contributed by atoms with Gasteiger partial charge in [-0.1, -0.05) is 18.2 Å². The quantitative estimate of drug-likeness (QED) is 0.583. The molecule has 0 unspecified atom stereocenters. The van der Waals surface area contributed by atoms with E-state index in [0.29, 0.717) is 17.0 Å². The summed E-state index contributed by atoms with van der Waals surface area (Å²) in [5.41, 5.74) is 7.97. The fourth-order valence-corrected chi connectivity index (χ4v) is 1.76. The lowest BCUT2D eigenvalue weighted by Gasteiger charge is -2.04. The Morgan fingerprint density at radius 1 is 0.947 bits per heavy atom. The van der Waals surface area contributed by atoms with E-state index in [4.69, 9.17) is 10.5 Å². The zero-order valence-electron chi connectivity index (χ0n) is 10.5. The number of rotatable bonds is 3. The number of anilines is 1. The van der Waals surface area contributed by atoms with Gasteiger partial charge in [0.05, 0.1) is 12.8 Å². The third-order valence-electron chi connectivity index (χ3n) is 2.65. The fourth-order valence-electron chi connectivity index (χ4n) is 1.76. The number of nitrogen functional groups attached to an aromatic ring is 1. The summed E-state index contributed by atoms with van der Waals surface area (Å²) in [4.78, 5) is 0. The molecule has 0 saturated carbocycles. The van der Waals surface area contributed by atoms with Crippen molar-refractivity contribution in [1.29, 1.82) is 0 Å². The van der Waals surface area contributed by atoms with Gasteiger partial charge in [-0.25, -0.2) is 0 Å². The zero-order chi connectivity index (χ0) is 13.8. The molecule has 0 fully saturated rings. The van der Waals surface area contributed by atoms with Gasteiger partial charge in [-0.2, -0.15) is 0 Å². The van der Waals surface area contributed by atoms with E-state index in [2.05, 4.69) is 0 Å². The van der Waals surface area contributed by atoms with Crippen LogP contribution in [0.2, 0.25) is 0 Å². The second-order valence-electron chi connectivity index (χ2n) is 4.12. The first-order valence-corrected chi connectivity index (χ1v) is 5.73. The van der Waals surface area contributed by atoms with Crippen molar-refractivity contribution in [3.05, 3.63) is 47.5 Å². The van der Waals surface area contributed by atoms with Crippen molar-refractivity contribution < 1.29 is 14.9 Å². The highest BCUT2D eigenvalue weighted by molar-refractivity contribution is 5.73. The van der Waals surface area contributed by atoms with Crippen LogP contribution in [0.25, 0.3) is 12.2 Å². The molecule has 0 atom stereocenters. The summed E-state index contributed by atoms with van der Waals surface area (Å²) < 4.78 is 5.08. The number of phenols is 2. The van der Waals surface area contributed by atoms with E-state index in [0.717, 1.165) is 5.56 Å². The predicted octanol–water partition coefficient (Wildman–Crippen LogP) is 2.86. The summed E-state index contributed by atoms with van der Waals surface area (Å²) in [7, 11) is 1.57. The summed E-state index contributed by atoms with van der Waals surface area (Å²) in [6.45, 7) is 0. The fraction of sp³-hybridized carbons (Fsp3) is 0.0667. The van der Waals surface area contributed by atoms with Crippen molar-refractivity contribution in [2.75, 3.05) is 12.8 Å². The molecule has 19 heavy (non-hydrogen) atoms. The number of aromatic hydroxyl groups is 2. The van der Waals surface area contributed by atoms with Crippen LogP contribution < -0.4 is 10.5 Å². The summed E-state index contributed by atoms with van der Waals surface area (Å²) in [5.74, 6) is 0.676. The minimum absolute atomic E-state index is 0.0221. The lowest BCUT2D eigenvalue weighted by Crippen LogP contribution is -1.92. The van der Waals surface area contributed by atoms with Gasteiger partial charge in [0.25, 0.3) is 0 Å². The van der Waals surface area contributed by atoms with E-state index in [1.807, 2.05) is 12.1 Å². The molecule has 0 radical (unpaired) electrons. The SMILES string of the molecule is COc1ccc(/C=C\c2cc(O)cc(O)c2)cc1N. The second-order valence-corrected chi connectivity index (χ2v) is 4.12. The summed E-state index contributed by atoms with van der Waals surface area (Å²) in [6, 6.07) is 9.84. The molecule has 0 saturated heterocycles. The van der Waals surface area contributed by atoms with E-state index in [1.165, 1.54) is 6.07 Å². The number of benzene rings is 2. The van der Waals surface area contributed by atoms with Crippen molar-refractivity contribution in [3.8, 4) is 17.2 Å². The highest BCUT2D eigenvalue weighted by atomic mass is 16.5. The lowest BCUT2D eigenvalue weighted by molar-refractivity contribution is 0.417. The summed E-state index contributed by atoms with van der Waals surface area (Å²) in [5, 5.41) is 18.7. The molecule has 2 rings (SSSR count). The summed E-state index contributed by atoms with van der Waals surface area (Å²) >= 11 is 0. The first kappa shape index (κ1) is 12.8. The lowest BCUT2D eigenvalue weighted by atomic mass is 10.1. The Hall–Kier alpha value is -2.62. The van der Waals surface area contributed by atoms with E-state index >= 15 is 0 Å². The maximum absolute atomic E-state index is 9.37. The molecule has 4 N–H and O–H groups in total. The van der Waals surface area contributed by atoms with Gasteiger partial charge < -0.3 is 20.7 Å². The number of ether oxygens (including phenoxy) is 1. The van der Waals surface area contributed by atoms with Gasteiger partial charge >= 0.3 is 0 Å². The third kappa shape index (κ3) is 3.19. The zero-order valence-corrected chi connectivity index (χ0v) is 10.5. The average molecular weight is 257 g/mol. The third-order valence-corrected chi connectivity index (χ3v) is 2.65. The van der Waals surface area contributed by atoms with Gasteiger partial charge in [-0.3, -0.25) is 0 Å². The molecule has 2 aromatic carbocycles. The highest BCUT2D eigenvalue weighted by Gasteiger charge is 1.99. The van der Waals surface area contributed by atoms with Crippen LogP contribution >= 0.6 is 0 Å². The van der Waals surface area contributed by atoms with Crippen LogP contribution in [0.4, 0.5) is 5.69 Å². The highest BCUT2D eigenvalue weighted by Crippen LogP contribution is 2.24. The Balaban J connectivity index is 2.24. The van der Waals surface area contributed by atoms with Gasteiger partial charge in [0.1, 0.15) is 17.2 Å². The van der Waals surface area contributed by atoms with E-state index < -0.39 is 0 Å². The van der Waals surface area contributed by atoms with Crippen LogP contribution in [-0.2, 0) is 0 Å². The maximum atomic E-state index is 9.37. The van der Waals surface area contributed by atoms with Gasteiger partial charge in [-0.05, 0) is 35.4 Å². The van der Waals surface area contributed by atoms with Crippen LogP contribution in [0.15, 0.2) is 36.4 Å². The molecule has 4 nitrogen and oxygen atoms in total. The molecule has 0 aliphatic heterocycles. The van der Waals surface area contributed by atoms with Crippen molar-refractivity contribution >= 4 is 17.8 Å². The maximum Gasteiger partial charge on any atom is 0.141 e. The number of nitrogens with two attached hydrogens (primary N) is 1. The Morgan fingerprint density at radius 2 is 1.58 bits per heavy atom. The molecule has 98 valence electrons. The molecule has 0 bridgehead atoms. The Labute approximate surface area is 111 Å². The molecule has 2 aromatic rings. The minimum atomic E-state index is 0.0221. The predicted molar refractivity (Wildman–Crippen MR) is 76.1 cm³/mol. The van der Waals surface area contributed by atoms with Crippen LogP contribution in [0.5, 0.6) is 17.2 Å². The van der Waals surface area contributed by atoms with Crippen LogP contribution in [0.3, 0.4) is 0 Å². The van der Waals surface area contributed by atoms with E-state index in [9.17, 15) is 10.2 Å². The Morgan fingerprint density at radius 3 is 2.16 bits per heavy atom. The molecule has 0 aromatic heterocycles. The van der Waals surface area contributed by atoms with Crippen molar-refractivity contribution in [2.45, 2.75) is 0 Å². The molecule has 0 heterocycles. The van der Waals surface area contributed by atoms with Gasteiger partial charge in [-0.15, -0.1) is 0 Å². The van der Waals surface area contributed by atoms with Crippen LogP contribution in [0, 0.1) is 0 Å². The monoisotopic (exact) mass is 257 g/mol. The van der Waals surface area contributed by atoms with Gasteiger partial charge in [0.2, 0.25) is 0 Å². The average Bonchev–Trinajstić information content (AvgIpc) is 2.35. The topological polar surface area (TPSA) is 75.7 Å². The normalized spacial score (nSPS) is 10.8. The molecule has 0 aliphatic rings. The first-order chi connectivity index (χ1) is 9.08. The number of methoxy groups -OCH3 is 1. The first-order valence-electron chi connectivity index (χ1n) is 5.73. The van der Waals surface area contributed by atoms with Gasteiger partial charge in [0, 0.05) is 6.07 Å². The smallest absolute Gasteiger partial charge is 0.141 e. The van der Waals surface area contributed by atoms with Crippen molar-refractivity contribution in [1.82, 2.24) is 0 Å². The standard InChI is InChI=1S/C15H15NO3/c1-19-15-5-4-10(8-14(15)16)2-3-11-6-12(17)9-13(18)7-11/h2-9,17-18H,16H2,1H3/b3-2-. The molecule has 0 amide bonds. The summed E-state index contributed by atoms with van der Waals surface area (Å²) in [6.07, 6.45) is 3.62. The van der Waals surface area contributed by atoms with Crippen LogP contribution in [0.1, 0.15) is 11.1 Å². The largest absolute Gasteiger partial charge is 0.508 e. The molecule has 0 spiro atoms. The van der Waals surface area contributed by atoms with Crippen LogP contribution in [-0.4, -0.2) is 17.3 Å². The minimum Gasteiger partial charge on any atom is -0.508 e. The number of hydrogen-bond acceptors (Lipinski definition) is 4. The Bertz CT molecular complexity index is 601. The Kier molecular flexibility index (Phi) is 3.61. The number of hydrogen-bond donors (Lipinski definition) is 3. The van der Waals surface area contributed by atoms with Crippen molar-refractivity contribution in [3.63, 3.8) is 0 Å². The molecular formula is C15H15NO3. The van der Waals surface area contributed by atoms with E-state index in [1.54, 1.807) is 37.5 Å². The molecule has 0 aliphatic carbocycles. The van der Waals surface area contributed by atoms with Gasteiger partial charge in [0.15, 0.2) is 0 Å². The molecular weight excluding hydrogens is 242 g/mol. The molecule has 4 heteroatoms. The van der Waals surface area contributed by atoms with E-state index in [-0.39, 0.29) is 11.5 Å².